The third-order valence-electron chi connectivity index (χ3n) is 5.60. The highest BCUT2D eigenvalue weighted by Crippen LogP contribution is 2.28. The Morgan fingerprint density at radius 3 is 2.83 bits per heavy atom. The van der Waals surface area contributed by atoms with Gasteiger partial charge in [0.15, 0.2) is 6.54 Å². The zero-order chi connectivity index (χ0) is 17.1. The summed E-state index contributed by atoms with van der Waals surface area (Å²) in [5, 5.41) is 13.8. The van der Waals surface area contributed by atoms with Gasteiger partial charge in [0.1, 0.15) is 0 Å². The van der Waals surface area contributed by atoms with E-state index in [1.54, 1.807) is 6.07 Å². The summed E-state index contributed by atoms with van der Waals surface area (Å²) in [5.41, 5.74) is 1.40. The lowest BCUT2D eigenvalue weighted by Crippen LogP contribution is -3.18. The first-order chi connectivity index (χ1) is 11.5. The molecule has 1 heterocycles. The summed E-state index contributed by atoms with van der Waals surface area (Å²) in [7, 11) is 0. The number of hydrogen-bond acceptors (Lipinski definition) is 3. The predicted molar refractivity (Wildman–Crippen MR) is 92.1 cm³/mol. The van der Waals surface area contributed by atoms with Gasteiger partial charge in [0.25, 0.3) is 11.6 Å². The van der Waals surface area contributed by atoms with Crippen molar-refractivity contribution in [1.29, 1.82) is 0 Å². The van der Waals surface area contributed by atoms with Gasteiger partial charge in [0.05, 0.1) is 23.2 Å². The van der Waals surface area contributed by atoms with Gasteiger partial charge in [0, 0.05) is 18.1 Å². The maximum Gasteiger partial charge on any atom is 0.279 e. The molecule has 2 N–H and O–H groups in total. The van der Waals surface area contributed by atoms with Gasteiger partial charge in [-0.3, -0.25) is 14.9 Å². The van der Waals surface area contributed by atoms with E-state index in [-0.39, 0.29) is 11.6 Å². The Morgan fingerprint density at radius 1 is 1.29 bits per heavy atom. The van der Waals surface area contributed by atoms with Crippen molar-refractivity contribution in [3.05, 3.63) is 33.9 Å². The van der Waals surface area contributed by atoms with Crippen LogP contribution in [0.2, 0.25) is 0 Å². The van der Waals surface area contributed by atoms with Crippen LogP contribution in [0.25, 0.3) is 0 Å². The second kappa shape index (κ2) is 7.30. The van der Waals surface area contributed by atoms with Crippen molar-refractivity contribution in [2.75, 3.05) is 18.4 Å². The van der Waals surface area contributed by atoms with Gasteiger partial charge in [-0.25, -0.2) is 0 Å². The molecule has 1 saturated heterocycles. The van der Waals surface area contributed by atoms with Gasteiger partial charge < -0.3 is 10.2 Å². The number of rotatable bonds is 4. The highest BCUT2D eigenvalue weighted by Gasteiger charge is 2.37. The summed E-state index contributed by atoms with van der Waals surface area (Å²) in [5.74, 6) is 0.731. The number of non-ortho nitro benzene ring substituents is 1. The van der Waals surface area contributed by atoms with Gasteiger partial charge in [0.2, 0.25) is 0 Å². The van der Waals surface area contributed by atoms with Crippen molar-refractivity contribution in [2.45, 2.75) is 51.5 Å². The molecule has 1 aliphatic heterocycles. The average molecular weight is 332 g/mol. The van der Waals surface area contributed by atoms with Crippen LogP contribution in [0, 0.1) is 23.0 Å². The van der Waals surface area contributed by atoms with Crippen molar-refractivity contribution >= 4 is 17.3 Å². The van der Waals surface area contributed by atoms with Crippen molar-refractivity contribution in [1.82, 2.24) is 0 Å². The molecule has 6 heteroatoms. The van der Waals surface area contributed by atoms with Crippen LogP contribution in [0.1, 0.15) is 44.1 Å². The van der Waals surface area contributed by atoms with E-state index in [1.165, 1.54) is 55.6 Å². The molecule has 1 unspecified atom stereocenters. The molecule has 1 aromatic carbocycles. The quantitative estimate of drug-likeness (QED) is 0.655. The predicted octanol–water partition coefficient (Wildman–Crippen LogP) is 2.08. The highest BCUT2D eigenvalue weighted by molar-refractivity contribution is 5.92. The Hall–Kier alpha value is -1.95. The largest absolute Gasteiger partial charge is 0.324 e. The topological polar surface area (TPSA) is 76.7 Å². The fourth-order valence-electron chi connectivity index (χ4n) is 4.35. The monoisotopic (exact) mass is 332 g/mol. The molecule has 24 heavy (non-hydrogen) atoms. The molecule has 3 rings (SSSR count). The fourth-order valence-corrected chi connectivity index (χ4v) is 4.35. The summed E-state index contributed by atoms with van der Waals surface area (Å²) in [6, 6.07) is 5.21. The Morgan fingerprint density at radius 2 is 2.04 bits per heavy atom. The summed E-state index contributed by atoms with van der Waals surface area (Å²) in [6.07, 6.45) is 7.63. The van der Waals surface area contributed by atoms with E-state index in [0.29, 0.717) is 18.3 Å². The van der Waals surface area contributed by atoms with Gasteiger partial charge >= 0.3 is 0 Å². The van der Waals surface area contributed by atoms with E-state index in [1.807, 2.05) is 6.92 Å². The van der Waals surface area contributed by atoms with Crippen LogP contribution in [0.5, 0.6) is 0 Å². The number of likely N-dealkylation sites (tertiary alicyclic amines) is 1. The molecule has 0 radical (unpaired) electrons. The minimum Gasteiger partial charge on any atom is -0.324 e. The number of amides is 1. The van der Waals surface area contributed by atoms with E-state index in [9.17, 15) is 14.9 Å². The standard InChI is InChI=1S/C18H25N3O3/c1-13-8-9-15(21(23)24)11-16(13)19-18(22)12-20-10-4-6-14-5-2-3-7-17(14)20/h8-9,11,14,17H,2-7,10,12H2,1H3,(H,19,22)/p+1/t14-,17+/m1/s1. The van der Waals surface area contributed by atoms with E-state index < -0.39 is 4.92 Å². The Labute approximate surface area is 142 Å². The molecule has 2 fully saturated rings. The second-order valence-corrected chi connectivity index (χ2v) is 7.18. The maximum absolute atomic E-state index is 12.5. The number of fused-ring (bicyclic) bond motifs is 1. The van der Waals surface area contributed by atoms with E-state index in [2.05, 4.69) is 5.32 Å². The van der Waals surface area contributed by atoms with Crippen LogP contribution >= 0.6 is 0 Å². The normalized spacial score (nSPS) is 26.5. The molecular weight excluding hydrogens is 306 g/mol. The van der Waals surface area contributed by atoms with E-state index in [4.69, 9.17) is 0 Å². The van der Waals surface area contributed by atoms with Crippen LogP contribution in [0.15, 0.2) is 18.2 Å². The van der Waals surface area contributed by atoms with Crippen molar-refractivity contribution in [3.63, 3.8) is 0 Å². The van der Waals surface area contributed by atoms with Gasteiger partial charge in [-0.15, -0.1) is 0 Å². The van der Waals surface area contributed by atoms with E-state index in [0.717, 1.165) is 18.0 Å². The number of nitro groups is 1. The fraction of sp³-hybridized carbons (Fsp3) is 0.611. The Kier molecular flexibility index (Phi) is 5.14. The average Bonchev–Trinajstić information content (AvgIpc) is 2.57. The number of aryl methyl sites for hydroxylation is 1. The van der Waals surface area contributed by atoms with Crippen molar-refractivity contribution in [2.24, 2.45) is 5.92 Å². The number of nitro benzene ring substituents is 1. The molecule has 1 amide bonds. The number of hydrogen-bond donors (Lipinski definition) is 2. The van der Waals surface area contributed by atoms with Gasteiger partial charge in [-0.2, -0.15) is 0 Å². The molecule has 0 bridgehead atoms. The molecule has 0 spiro atoms. The zero-order valence-electron chi connectivity index (χ0n) is 14.2. The lowest BCUT2D eigenvalue weighted by atomic mass is 9.78. The van der Waals surface area contributed by atoms with Crippen LogP contribution in [0.3, 0.4) is 0 Å². The van der Waals surface area contributed by atoms with Crippen LogP contribution in [-0.2, 0) is 4.79 Å². The number of nitrogens with zero attached hydrogens (tertiary/aromatic N) is 1. The minimum atomic E-state index is -0.433. The first-order valence-electron chi connectivity index (χ1n) is 8.94. The van der Waals surface area contributed by atoms with Crippen molar-refractivity contribution < 1.29 is 14.6 Å². The number of carbonyl (C=O) groups excluding carboxylic acids is 1. The molecule has 1 aliphatic carbocycles. The first-order valence-corrected chi connectivity index (χ1v) is 8.94. The molecule has 1 aromatic rings. The highest BCUT2D eigenvalue weighted by atomic mass is 16.6. The van der Waals surface area contributed by atoms with Crippen LogP contribution in [-0.4, -0.2) is 30.0 Å². The number of nitrogens with one attached hydrogen (secondary N) is 2. The smallest absolute Gasteiger partial charge is 0.279 e. The lowest BCUT2D eigenvalue weighted by Gasteiger charge is -2.40. The first kappa shape index (κ1) is 16.9. The second-order valence-electron chi connectivity index (χ2n) is 7.18. The summed E-state index contributed by atoms with van der Waals surface area (Å²) in [6.45, 7) is 3.37. The van der Waals surface area contributed by atoms with Gasteiger partial charge in [-0.1, -0.05) is 12.5 Å². The minimum absolute atomic E-state index is 0.00793. The molecule has 130 valence electrons. The molecule has 2 aliphatic rings. The lowest BCUT2D eigenvalue weighted by molar-refractivity contribution is -0.928. The number of benzene rings is 1. The summed E-state index contributed by atoms with van der Waals surface area (Å²) < 4.78 is 0. The maximum atomic E-state index is 12.5. The van der Waals surface area contributed by atoms with Gasteiger partial charge in [-0.05, 0) is 44.6 Å². The third kappa shape index (κ3) is 3.75. The molecule has 3 atom stereocenters. The number of carbonyl (C=O) groups is 1. The number of quaternary nitrogens is 1. The molecule has 1 saturated carbocycles. The molecule has 0 aromatic heterocycles. The van der Waals surface area contributed by atoms with Crippen molar-refractivity contribution in [3.8, 4) is 0 Å². The Balaban J connectivity index is 1.65. The summed E-state index contributed by atoms with van der Waals surface area (Å²) in [4.78, 5) is 24.4. The molecule has 6 nitrogen and oxygen atoms in total. The van der Waals surface area contributed by atoms with E-state index >= 15 is 0 Å². The number of piperidine rings is 1. The van der Waals surface area contributed by atoms with Crippen LogP contribution in [0.4, 0.5) is 11.4 Å². The molecular formula is C18H26N3O3+. The number of anilines is 1. The zero-order valence-corrected chi connectivity index (χ0v) is 14.2. The SMILES string of the molecule is Cc1ccc([N+](=O)[O-])cc1NC(=O)C[NH+]1CCC[C@H]2CCCC[C@@H]21. The Bertz CT molecular complexity index is 630. The third-order valence-corrected chi connectivity index (χ3v) is 5.60. The summed E-state index contributed by atoms with van der Waals surface area (Å²) >= 11 is 0. The van der Waals surface area contributed by atoms with Crippen LogP contribution < -0.4 is 10.2 Å².